The third-order valence-electron chi connectivity index (χ3n) is 3.50. The van der Waals surface area contributed by atoms with E-state index >= 15 is 0 Å². The maximum Gasteiger partial charge on any atom is 0.335 e. The standard InChI is InChI=1S/C18H16N4O2/c1-12-11-22(18(19)21-12)20-10-13-4-2-5-14(8-13)15-6-3-7-16(9-15)17(23)24/h2-11H,1H3,(H2,19,21)(H,23,24). The minimum absolute atomic E-state index is 0.258. The van der Waals surface area contributed by atoms with Crippen LogP contribution in [0, 0.1) is 6.92 Å². The first kappa shape index (κ1) is 15.5. The second kappa shape index (κ2) is 6.37. The number of carbonyl (C=O) groups is 1. The minimum atomic E-state index is -0.944. The maximum atomic E-state index is 11.1. The smallest absolute Gasteiger partial charge is 0.335 e. The van der Waals surface area contributed by atoms with Crippen LogP contribution in [0.4, 0.5) is 5.95 Å². The molecule has 0 atom stereocenters. The van der Waals surface area contributed by atoms with Gasteiger partial charge in [-0.05, 0) is 41.8 Å². The van der Waals surface area contributed by atoms with Crippen molar-refractivity contribution in [2.24, 2.45) is 5.10 Å². The summed E-state index contributed by atoms with van der Waals surface area (Å²) >= 11 is 0. The molecule has 2 aromatic carbocycles. The van der Waals surface area contributed by atoms with Gasteiger partial charge in [0.25, 0.3) is 0 Å². The van der Waals surface area contributed by atoms with Crippen molar-refractivity contribution in [1.82, 2.24) is 9.66 Å². The summed E-state index contributed by atoms with van der Waals surface area (Å²) in [6.45, 7) is 1.85. The van der Waals surface area contributed by atoms with Crippen molar-refractivity contribution in [1.29, 1.82) is 0 Å². The van der Waals surface area contributed by atoms with Crippen LogP contribution in [-0.2, 0) is 0 Å². The molecule has 0 aliphatic carbocycles. The molecule has 0 fully saturated rings. The SMILES string of the molecule is Cc1cn(N=Cc2cccc(-c3cccc(C(=O)O)c3)c2)c(N)n1. The van der Waals surface area contributed by atoms with Crippen LogP contribution in [0.3, 0.4) is 0 Å². The molecule has 0 radical (unpaired) electrons. The third kappa shape index (κ3) is 3.33. The Bertz CT molecular complexity index is 928. The van der Waals surface area contributed by atoms with E-state index in [-0.39, 0.29) is 5.56 Å². The molecule has 3 aromatic rings. The van der Waals surface area contributed by atoms with Crippen LogP contribution in [0.2, 0.25) is 0 Å². The number of nitrogens with zero attached hydrogens (tertiary/aromatic N) is 3. The number of hydrogen-bond acceptors (Lipinski definition) is 4. The summed E-state index contributed by atoms with van der Waals surface area (Å²) < 4.78 is 1.51. The highest BCUT2D eigenvalue weighted by molar-refractivity contribution is 5.90. The lowest BCUT2D eigenvalue weighted by molar-refractivity contribution is 0.0697. The van der Waals surface area contributed by atoms with Gasteiger partial charge in [-0.1, -0.05) is 30.3 Å². The molecular weight excluding hydrogens is 304 g/mol. The molecule has 6 nitrogen and oxygen atoms in total. The van der Waals surface area contributed by atoms with Gasteiger partial charge in [-0.2, -0.15) is 5.10 Å². The number of benzene rings is 2. The molecule has 3 rings (SSSR count). The summed E-state index contributed by atoms with van der Waals surface area (Å²) in [6, 6.07) is 14.5. The molecule has 0 unspecified atom stereocenters. The maximum absolute atomic E-state index is 11.1. The fourth-order valence-corrected chi connectivity index (χ4v) is 2.36. The second-order valence-corrected chi connectivity index (χ2v) is 5.34. The van der Waals surface area contributed by atoms with E-state index in [1.54, 1.807) is 30.6 Å². The van der Waals surface area contributed by atoms with Gasteiger partial charge in [0.05, 0.1) is 23.7 Å². The summed E-state index contributed by atoms with van der Waals surface area (Å²) in [5.41, 5.74) is 9.43. The lowest BCUT2D eigenvalue weighted by Gasteiger charge is -2.04. The van der Waals surface area contributed by atoms with E-state index in [9.17, 15) is 4.79 Å². The van der Waals surface area contributed by atoms with Gasteiger partial charge in [0, 0.05) is 0 Å². The largest absolute Gasteiger partial charge is 0.478 e. The van der Waals surface area contributed by atoms with Gasteiger partial charge in [0.1, 0.15) is 0 Å². The van der Waals surface area contributed by atoms with Gasteiger partial charge in [-0.25, -0.2) is 14.5 Å². The van der Waals surface area contributed by atoms with Crippen molar-refractivity contribution in [2.45, 2.75) is 6.92 Å². The summed E-state index contributed by atoms with van der Waals surface area (Å²) in [7, 11) is 0. The number of anilines is 1. The van der Waals surface area contributed by atoms with Crippen LogP contribution in [0.5, 0.6) is 0 Å². The summed E-state index contributed by atoms with van der Waals surface area (Å²) in [6.07, 6.45) is 3.42. The zero-order valence-electron chi connectivity index (χ0n) is 13.0. The Morgan fingerprint density at radius 3 is 2.58 bits per heavy atom. The lowest BCUT2D eigenvalue weighted by Crippen LogP contribution is -1.97. The molecule has 0 amide bonds. The fourth-order valence-electron chi connectivity index (χ4n) is 2.36. The molecule has 0 bridgehead atoms. The third-order valence-corrected chi connectivity index (χ3v) is 3.50. The molecule has 6 heteroatoms. The second-order valence-electron chi connectivity index (χ2n) is 5.34. The zero-order valence-corrected chi connectivity index (χ0v) is 13.0. The van der Waals surface area contributed by atoms with Crippen LogP contribution in [-0.4, -0.2) is 27.0 Å². The topological polar surface area (TPSA) is 93.5 Å². The first-order valence-electron chi connectivity index (χ1n) is 7.32. The fraction of sp³-hybridized carbons (Fsp3) is 0.0556. The molecule has 1 heterocycles. The molecule has 0 saturated carbocycles. The number of aromatic nitrogens is 2. The van der Waals surface area contributed by atoms with Crippen LogP contribution < -0.4 is 5.73 Å². The Balaban J connectivity index is 1.91. The van der Waals surface area contributed by atoms with Crippen LogP contribution >= 0.6 is 0 Å². The van der Waals surface area contributed by atoms with Crippen molar-refractivity contribution in [3.63, 3.8) is 0 Å². The van der Waals surface area contributed by atoms with Gasteiger partial charge in [0.15, 0.2) is 0 Å². The number of rotatable bonds is 4. The number of imidazole rings is 1. The van der Waals surface area contributed by atoms with Crippen LogP contribution in [0.25, 0.3) is 11.1 Å². The Morgan fingerprint density at radius 1 is 1.21 bits per heavy atom. The van der Waals surface area contributed by atoms with Crippen molar-refractivity contribution in [2.75, 3.05) is 5.73 Å². The number of carboxylic acid groups (broad SMARTS) is 1. The molecule has 24 heavy (non-hydrogen) atoms. The summed E-state index contributed by atoms with van der Waals surface area (Å²) in [4.78, 5) is 15.2. The van der Waals surface area contributed by atoms with Gasteiger partial charge >= 0.3 is 5.97 Å². The lowest BCUT2D eigenvalue weighted by atomic mass is 10.0. The van der Waals surface area contributed by atoms with Crippen molar-refractivity contribution in [3.8, 4) is 11.1 Å². The summed E-state index contributed by atoms with van der Waals surface area (Å²) in [5, 5.41) is 13.4. The van der Waals surface area contributed by atoms with Crippen molar-refractivity contribution >= 4 is 18.1 Å². The molecule has 0 aliphatic rings. The molecule has 0 spiro atoms. The molecule has 120 valence electrons. The van der Waals surface area contributed by atoms with E-state index in [1.807, 2.05) is 37.3 Å². The van der Waals surface area contributed by atoms with Crippen molar-refractivity contribution < 1.29 is 9.90 Å². The molecule has 0 aliphatic heterocycles. The van der Waals surface area contributed by atoms with Crippen LogP contribution in [0.1, 0.15) is 21.6 Å². The highest BCUT2D eigenvalue weighted by Gasteiger charge is 2.05. The highest BCUT2D eigenvalue weighted by atomic mass is 16.4. The van der Waals surface area contributed by atoms with Crippen molar-refractivity contribution in [3.05, 3.63) is 71.5 Å². The van der Waals surface area contributed by atoms with Gasteiger partial charge in [0.2, 0.25) is 5.95 Å². The molecule has 1 aromatic heterocycles. The van der Waals surface area contributed by atoms with E-state index in [1.165, 1.54) is 4.68 Å². The van der Waals surface area contributed by atoms with E-state index < -0.39 is 5.97 Å². The number of nitrogen functional groups attached to an aromatic ring is 1. The van der Waals surface area contributed by atoms with E-state index in [2.05, 4.69) is 10.1 Å². The normalized spacial score (nSPS) is 11.0. The predicted octanol–water partition coefficient (Wildman–Crippen LogP) is 3.02. The van der Waals surface area contributed by atoms with Gasteiger partial charge in [-0.15, -0.1) is 0 Å². The number of carboxylic acids is 1. The number of nitrogens with two attached hydrogens (primary N) is 1. The summed E-state index contributed by atoms with van der Waals surface area (Å²) in [5.74, 6) is -0.616. The molecular formula is C18H16N4O2. The molecule has 3 N–H and O–H groups in total. The predicted molar refractivity (Wildman–Crippen MR) is 93.2 cm³/mol. The minimum Gasteiger partial charge on any atom is -0.478 e. The molecule has 0 saturated heterocycles. The quantitative estimate of drug-likeness (QED) is 0.723. The van der Waals surface area contributed by atoms with Crippen LogP contribution in [0.15, 0.2) is 59.8 Å². The van der Waals surface area contributed by atoms with E-state index in [4.69, 9.17) is 10.8 Å². The Morgan fingerprint density at radius 2 is 1.92 bits per heavy atom. The Kier molecular flexibility index (Phi) is 4.11. The number of hydrogen-bond donors (Lipinski definition) is 2. The zero-order chi connectivity index (χ0) is 17.1. The first-order valence-corrected chi connectivity index (χ1v) is 7.32. The highest BCUT2D eigenvalue weighted by Crippen LogP contribution is 2.21. The Hall–Kier alpha value is -3.41. The first-order chi connectivity index (χ1) is 11.5. The number of aromatic carboxylic acids is 1. The van der Waals surface area contributed by atoms with Gasteiger partial charge in [-0.3, -0.25) is 0 Å². The Labute approximate surface area is 138 Å². The monoisotopic (exact) mass is 320 g/mol. The average molecular weight is 320 g/mol. The van der Waals surface area contributed by atoms with E-state index in [0.717, 1.165) is 22.4 Å². The average Bonchev–Trinajstić information content (AvgIpc) is 2.91. The van der Waals surface area contributed by atoms with Gasteiger partial charge < -0.3 is 10.8 Å². The number of aryl methyl sites for hydroxylation is 1. The van der Waals surface area contributed by atoms with E-state index in [0.29, 0.717) is 5.95 Å².